The number of benzene rings is 1. The Morgan fingerprint density at radius 3 is 2.09 bits per heavy atom. The average Bonchev–Trinajstić information content (AvgIpc) is 2.72. The minimum Gasteiger partial charge on any atom is -0.429 e. The quantitative estimate of drug-likeness (QED) is 0.220. The minimum atomic E-state index is -3.93. The highest BCUT2D eigenvalue weighted by Crippen LogP contribution is 2.43. The first-order valence-corrected chi connectivity index (χ1v) is 11.0. The van der Waals surface area contributed by atoms with E-state index in [1.54, 1.807) is 0 Å². The van der Waals surface area contributed by atoms with Crippen LogP contribution in [0, 0.1) is 29.3 Å². The van der Waals surface area contributed by atoms with Crippen LogP contribution in [-0.4, -0.2) is 18.3 Å². The van der Waals surface area contributed by atoms with Gasteiger partial charge in [-0.2, -0.15) is 17.6 Å². The van der Waals surface area contributed by atoms with Gasteiger partial charge in [0.2, 0.25) is 0 Å². The molecule has 1 atom stereocenters. The van der Waals surface area contributed by atoms with E-state index in [-0.39, 0.29) is 19.3 Å². The first-order chi connectivity index (χ1) is 15.0. The molecule has 1 aromatic rings. The molecular formula is C23H27F7O2. The summed E-state index contributed by atoms with van der Waals surface area (Å²) in [5, 5.41) is 0. The molecule has 1 unspecified atom stereocenters. The SMILES string of the molecule is CCCC1CCC(C(F)(F)OC2CC=C(C(F)(F)Oc3cc(F)c(F)c(F)c3)CC2)CC1. The van der Waals surface area contributed by atoms with Gasteiger partial charge in [-0.1, -0.05) is 25.8 Å². The van der Waals surface area contributed by atoms with Gasteiger partial charge in [0.25, 0.3) is 0 Å². The molecule has 1 saturated carbocycles. The van der Waals surface area contributed by atoms with Gasteiger partial charge >= 0.3 is 12.2 Å². The Balaban J connectivity index is 1.56. The van der Waals surface area contributed by atoms with E-state index in [2.05, 4.69) is 11.7 Å². The lowest BCUT2D eigenvalue weighted by Gasteiger charge is -2.36. The van der Waals surface area contributed by atoms with E-state index in [1.165, 1.54) is 0 Å². The summed E-state index contributed by atoms with van der Waals surface area (Å²) in [6, 6.07) is 0.634. The van der Waals surface area contributed by atoms with Crippen molar-refractivity contribution in [1.29, 1.82) is 0 Å². The zero-order valence-electron chi connectivity index (χ0n) is 17.8. The molecule has 1 fully saturated rings. The summed E-state index contributed by atoms with van der Waals surface area (Å²) in [6.45, 7) is 2.07. The second kappa shape index (κ2) is 10.0. The second-order valence-electron chi connectivity index (χ2n) is 8.63. The van der Waals surface area contributed by atoms with E-state index in [0.717, 1.165) is 31.8 Å². The van der Waals surface area contributed by atoms with Gasteiger partial charge in [-0.25, -0.2) is 13.2 Å². The molecule has 0 aliphatic heterocycles. The topological polar surface area (TPSA) is 18.5 Å². The fourth-order valence-electron chi connectivity index (χ4n) is 4.50. The lowest BCUT2D eigenvalue weighted by Crippen LogP contribution is -2.39. The van der Waals surface area contributed by atoms with Crippen molar-refractivity contribution >= 4 is 0 Å². The number of rotatable bonds is 8. The molecule has 32 heavy (non-hydrogen) atoms. The molecular weight excluding hydrogens is 441 g/mol. The Hall–Kier alpha value is -1.77. The number of alkyl halides is 4. The van der Waals surface area contributed by atoms with Crippen LogP contribution >= 0.6 is 0 Å². The first-order valence-electron chi connectivity index (χ1n) is 11.0. The molecule has 0 N–H and O–H groups in total. The van der Waals surface area contributed by atoms with Gasteiger partial charge in [0.15, 0.2) is 17.5 Å². The van der Waals surface area contributed by atoms with E-state index < -0.39 is 53.0 Å². The maximum Gasteiger partial charge on any atom is 0.422 e. The van der Waals surface area contributed by atoms with Crippen LogP contribution in [-0.2, 0) is 4.74 Å². The van der Waals surface area contributed by atoms with Crippen molar-refractivity contribution in [3.8, 4) is 5.75 Å². The van der Waals surface area contributed by atoms with E-state index in [4.69, 9.17) is 4.74 Å². The standard InChI is InChI=1S/C23H27F7O2/c1-2-3-14-4-6-15(7-5-14)22(27,28)31-17-10-8-16(9-11-17)23(29,30)32-18-12-19(24)21(26)20(25)13-18/h8,12-15,17H,2-7,9-11H2,1H3. The van der Waals surface area contributed by atoms with Crippen LogP contribution in [0.4, 0.5) is 30.7 Å². The number of hydrogen-bond donors (Lipinski definition) is 0. The minimum absolute atomic E-state index is 0.0717. The highest BCUT2D eigenvalue weighted by atomic mass is 19.3. The van der Waals surface area contributed by atoms with E-state index >= 15 is 0 Å². The van der Waals surface area contributed by atoms with Crippen LogP contribution < -0.4 is 4.74 Å². The second-order valence-corrected chi connectivity index (χ2v) is 8.63. The molecule has 0 spiro atoms. The largest absolute Gasteiger partial charge is 0.429 e. The van der Waals surface area contributed by atoms with Gasteiger partial charge in [-0.3, -0.25) is 0 Å². The van der Waals surface area contributed by atoms with Crippen LogP contribution in [0.2, 0.25) is 0 Å². The van der Waals surface area contributed by atoms with Gasteiger partial charge in [0.1, 0.15) is 5.75 Å². The van der Waals surface area contributed by atoms with Crippen LogP contribution in [0.5, 0.6) is 5.75 Å². The fourth-order valence-corrected chi connectivity index (χ4v) is 4.50. The van der Waals surface area contributed by atoms with Crippen molar-refractivity contribution in [2.75, 3.05) is 0 Å². The smallest absolute Gasteiger partial charge is 0.422 e. The molecule has 1 aromatic carbocycles. The fraction of sp³-hybridized carbons (Fsp3) is 0.652. The molecule has 0 aromatic heterocycles. The Morgan fingerprint density at radius 2 is 1.56 bits per heavy atom. The lowest BCUT2D eigenvalue weighted by atomic mass is 9.79. The summed E-state index contributed by atoms with van der Waals surface area (Å²) in [5.41, 5.74) is -0.508. The Morgan fingerprint density at radius 1 is 0.938 bits per heavy atom. The molecule has 0 saturated heterocycles. The Labute approximate surface area is 182 Å². The first kappa shape index (κ1) is 24.9. The molecule has 0 heterocycles. The summed E-state index contributed by atoms with van der Waals surface area (Å²) < 4.78 is 107. The third-order valence-corrected chi connectivity index (χ3v) is 6.28. The van der Waals surface area contributed by atoms with E-state index in [0.29, 0.717) is 30.9 Å². The van der Waals surface area contributed by atoms with Crippen LogP contribution in [0.15, 0.2) is 23.8 Å². The van der Waals surface area contributed by atoms with Crippen LogP contribution in [0.25, 0.3) is 0 Å². The van der Waals surface area contributed by atoms with Crippen molar-refractivity contribution in [1.82, 2.24) is 0 Å². The molecule has 9 heteroatoms. The summed E-state index contributed by atoms with van der Waals surface area (Å²) in [6.07, 6.45) is -3.36. The maximum absolute atomic E-state index is 14.6. The van der Waals surface area contributed by atoms with Crippen molar-refractivity contribution in [3.63, 3.8) is 0 Å². The maximum atomic E-state index is 14.6. The number of halogens is 7. The van der Waals surface area contributed by atoms with Crippen molar-refractivity contribution in [3.05, 3.63) is 41.2 Å². The predicted molar refractivity (Wildman–Crippen MR) is 104 cm³/mol. The van der Waals surface area contributed by atoms with Gasteiger partial charge in [-0.15, -0.1) is 0 Å². The average molecular weight is 468 g/mol. The van der Waals surface area contributed by atoms with E-state index in [9.17, 15) is 30.7 Å². The van der Waals surface area contributed by atoms with Crippen molar-refractivity contribution < 1.29 is 40.2 Å². The van der Waals surface area contributed by atoms with Crippen LogP contribution in [0.3, 0.4) is 0 Å². The lowest BCUT2D eigenvalue weighted by molar-refractivity contribution is -0.299. The number of ether oxygens (including phenoxy) is 2. The molecule has 3 rings (SSSR count). The molecule has 0 bridgehead atoms. The molecule has 2 nitrogen and oxygen atoms in total. The zero-order chi connectivity index (χ0) is 23.5. The van der Waals surface area contributed by atoms with Crippen molar-refractivity contribution in [2.45, 2.75) is 83.0 Å². The Kier molecular flexibility index (Phi) is 7.78. The Bertz CT molecular complexity index is 794. The normalized spacial score (nSPS) is 24.9. The van der Waals surface area contributed by atoms with Crippen LogP contribution in [0.1, 0.15) is 64.7 Å². The molecule has 2 aliphatic carbocycles. The molecule has 0 amide bonds. The molecule has 180 valence electrons. The third-order valence-electron chi connectivity index (χ3n) is 6.28. The highest BCUT2D eigenvalue weighted by molar-refractivity contribution is 5.27. The molecule has 2 aliphatic rings. The summed E-state index contributed by atoms with van der Waals surface area (Å²) >= 11 is 0. The molecule has 0 radical (unpaired) electrons. The third kappa shape index (κ3) is 5.97. The number of hydrogen-bond acceptors (Lipinski definition) is 2. The van der Waals surface area contributed by atoms with E-state index in [1.807, 2.05) is 0 Å². The van der Waals surface area contributed by atoms with Gasteiger partial charge < -0.3 is 9.47 Å². The monoisotopic (exact) mass is 468 g/mol. The summed E-state index contributed by atoms with van der Waals surface area (Å²) in [5.74, 6) is -6.40. The summed E-state index contributed by atoms with van der Waals surface area (Å²) in [7, 11) is 0. The van der Waals surface area contributed by atoms with Gasteiger partial charge in [0.05, 0.1) is 12.0 Å². The van der Waals surface area contributed by atoms with Gasteiger partial charge in [-0.05, 0) is 50.9 Å². The summed E-state index contributed by atoms with van der Waals surface area (Å²) in [4.78, 5) is 0. The van der Waals surface area contributed by atoms with Crippen molar-refractivity contribution in [2.24, 2.45) is 11.8 Å². The van der Waals surface area contributed by atoms with Gasteiger partial charge in [0, 0.05) is 17.7 Å². The zero-order valence-corrected chi connectivity index (χ0v) is 17.8. The predicted octanol–water partition coefficient (Wildman–Crippen LogP) is 7.77. The highest BCUT2D eigenvalue weighted by Gasteiger charge is 2.45.